The molecule has 2 heteroatoms. The first kappa shape index (κ1) is 12.2. The van der Waals surface area contributed by atoms with Crippen LogP contribution in [0.5, 0.6) is 0 Å². The van der Waals surface area contributed by atoms with Gasteiger partial charge in [-0.2, -0.15) is 0 Å². The van der Waals surface area contributed by atoms with Gasteiger partial charge >= 0.3 is 0 Å². The first-order valence-corrected chi connectivity index (χ1v) is 5.60. The second-order valence-corrected chi connectivity index (χ2v) is 3.01. The maximum atomic E-state index is 4.32. The Morgan fingerprint density at radius 2 is 1.62 bits per heavy atom. The summed E-state index contributed by atoms with van der Waals surface area (Å²) in [7, 11) is 1.92. The molecule has 0 amide bonds. The summed E-state index contributed by atoms with van der Waals surface area (Å²) in [4.78, 5) is 4.32. The van der Waals surface area contributed by atoms with Gasteiger partial charge in [-0.25, -0.2) is 0 Å². The highest BCUT2D eigenvalue weighted by Crippen LogP contribution is 2.24. The topological polar surface area (TPSA) is 24.9 Å². The Kier molecular flexibility index (Phi) is 5.06. The Bertz CT molecular complexity index is 410. The van der Waals surface area contributed by atoms with Crippen LogP contribution in [0.4, 0.5) is 5.69 Å². The number of hydrogen-bond donors (Lipinski definition) is 1. The van der Waals surface area contributed by atoms with E-state index in [-0.39, 0.29) is 0 Å². The fourth-order valence-corrected chi connectivity index (χ4v) is 1.45. The number of anilines is 1. The van der Waals surface area contributed by atoms with Crippen LogP contribution < -0.4 is 5.32 Å². The summed E-state index contributed by atoms with van der Waals surface area (Å²) in [5, 5.41) is 3.15. The van der Waals surface area contributed by atoms with Crippen LogP contribution in [0, 0.1) is 0 Å². The molecule has 0 aliphatic rings. The summed E-state index contributed by atoms with van der Waals surface area (Å²) in [6, 6.07) is 14.1. The third-order valence-corrected chi connectivity index (χ3v) is 2.14. The molecular formula is C14H18N2. The molecule has 0 bridgehead atoms. The fraction of sp³-hybridized carbons (Fsp3) is 0.214. The number of para-hydroxylation sites is 1. The molecule has 1 N–H and O–H groups in total. The van der Waals surface area contributed by atoms with E-state index in [4.69, 9.17) is 0 Å². The van der Waals surface area contributed by atoms with Gasteiger partial charge in [-0.15, -0.1) is 0 Å². The second kappa shape index (κ2) is 6.62. The molecule has 0 spiro atoms. The van der Waals surface area contributed by atoms with Crippen LogP contribution in [-0.2, 0) is 0 Å². The molecule has 0 atom stereocenters. The number of aromatic nitrogens is 1. The molecular weight excluding hydrogens is 196 g/mol. The zero-order valence-corrected chi connectivity index (χ0v) is 10.1. The lowest BCUT2D eigenvalue weighted by atomic mass is 10.1. The lowest BCUT2D eigenvalue weighted by molar-refractivity contribution is 1.32. The molecule has 16 heavy (non-hydrogen) atoms. The van der Waals surface area contributed by atoms with Crippen molar-refractivity contribution in [3.8, 4) is 11.3 Å². The van der Waals surface area contributed by atoms with E-state index < -0.39 is 0 Å². The van der Waals surface area contributed by atoms with Crippen LogP contribution in [0.3, 0.4) is 0 Å². The number of nitrogens with one attached hydrogen (secondary N) is 1. The van der Waals surface area contributed by atoms with Gasteiger partial charge in [0, 0.05) is 24.5 Å². The summed E-state index contributed by atoms with van der Waals surface area (Å²) >= 11 is 0. The number of rotatable bonds is 2. The number of nitrogens with zero attached hydrogens (tertiary/aromatic N) is 1. The van der Waals surface area contributed by atoms with Crippen molar-refractivity contribution in [1.82, 2.24) is 4.98 Å². The molecule has 1 aromatic heterocycles. The van der Waals surface area contributed by atoms with Crippen LogP contribution in [0.25, 0.3) is 11.3 Å². The highest BCUT2D eigenvalue weighted by molar-refractivity contribution is 5.75. The fourth-order valence-electron chi connectivity index (χ4n) is 1.45. The van der Waals surface area contributed by atoms with Crippen molar-refractivity contribution in [2.24, 2.45) is 0 Å². The highest BCUT2D eigenvalue weighted by Gasteiger charge is 2.02. The van der Waals surface area contributed by atoms with E-state index in [1.807, 2.05) is 63.5 Å². The van der Waals surface area contributed by atoms with E-state index in [0.29, 0.717) is 0 Å². The Hall–Kier alpha value is -1.83. The van der Waals surface area contributed by atoms with Gasteiger partial charge in [-0.1, -0.05) is 38.1 Å². The van der Waals surface area contributed by atoms with Crippen LogP contribution >= 0.6 is 0 Å². The SMILES string of the molecule is CC.CNc1ccccc1-c1ccccn1. The van der Waals surface area contributed by atoms with E-state index >= 15 is 0 Å². The summed E-state index contributed by atoms with van der Waals surface area (Å²) in [6.07, 6.45) is 1.81. The minimum Gasteiger partial charge on any atom is -0.388 e. The molecule has 0 unspecified atom stereocenters. The molecule has 0 radical (unpaired) electrons. The molecule has 2 aromatic rings. The highest BCUT2D eigenvalue weighted by atomic mass is 14.8. The van der Waals surface area contributed by atoms with Gasteiger partial charge in [0.15, 0.2) is 0 Å². The summed E-state index contributed by atoms with van der Waals surface area (Å²) in [5.74, 6) is 0. The maximum absolute atomic E-state index is 4.32. The normalized spacial score (nSPS) is 8.94. The average molecular weight is 214 g/mol. The second-order valence-electron chi connectivity index (χ2n) is 3.01. The molecule has 1 heterocycles. The van der Waals surface area contributed by atoms with Gasteiger partial charge in [-0.05, 0) is 18.2 Å². The monoisotopic (exact) mass is 214 g/mol. The van der Waals surface area contributed by atoms with Crippen molar-refractivity contribution in [3.63, 3.8) is 0 Å². The van der Waals surface area contributed by atoms with Crippen LogP contribution in [0.1, 0.15) is 13.8 Å². The van der Waals surface area contributed by atoms with Crippen LogP contribution in [0.15, 0.2) is 48.7 Å². The van der Waals surface area contributed by atoms with E-state index in [2.05, 4.69) is 16.4 Å². The largest absolute Gasteiger partial charge is 0.388 e. The smallest absolute Gasteiger partial charge is 0.0722 e. The Labute approximate surface area is 97.4 Å². The van der Waals surface area contributed by atoms with Crippen molar-refractivity contribution in [1.29, 1.82) is 0 Å². The van der Waals surface area contributed by atoms with E-state index in [0.717, 1.165) is 16.9 Å². The molecule has 2 nitrogen and oxygen atoms in total. The maximum Gasteiger partial charge on any atom is 0.0722 e. The van der Waals surface area contributed by atoms with Crippen molar-refractivity contribution in [2.45, 2.75) is 13.8 Å². The van der Waals surface area contributed by atoms with E-state index in [1.165, 1.54) is 0 Å². The molecule has 0 fully saturated rings. The molecule has 1 aromatic carbocycles. The average Bonchev–Trinajstić information content (AvgIpc) is 2.42. The predicted molar refractivity (Wildman–Crippen MR) is 70.6 cm³/mol. The van der Waals surface area contributed by atoms with Crippen LogP contribution in [0.2, 0.25) is 0 Å². The molecule has 2 rings (SSSR count). The molecule has 0 aliphatic carbocycles. The third-order valence-electron chi connectivity index (χ3n) is 2.14. The van der Waals surface area contributed by atoms with Gasteiger partial charge < -0.3 is 5.32 Å². The van der Waals surface area contributed by atoms with Gasteiger partial charge in [-0.3, -0.25) is 4.98 Å². The molecule has 0 saturated heterocycles. The molecule has 84 valence electrons. The minimum absolute atomic E-state index is 0.998. The van der Waals surface area contributed by atoms with Gasteiger partial charge in [0.1, 0.15) is 0 Å². The van der Waals surface area contributed by atoms with Crippen molar-refractivity contribution >= 4 is 5.69 Å². The van der Waals surface area contributed by atoms with E-state index in [9.17, 15) is 0 Å². The van der Waals surface area contributed by atoms with Gasteiger partial charge in [0.25, 0.3) is 0 Å². The van der Waals surface area contributed by atoms with Crippen molar-refractivity contribution < 1.29 is 0 Å². The number of pyridine rings is 1. The Morgan fingerprint density at radius 1 is 0.938 bits per heavy atom. The zero-order valence-electron chi connectivity index (χ0n) is 10.1. The lowest BCUT2D eigenvalue weighted by Gasteiger charge is -2.07. The van der Waals surface area contributed by atoms with Gasteiger partial charge in [0.2, 0.25) is 0 Å². The predicted octanol–water partition coefficient (Wildman–Crippen LogP) is 3.82. The van der Waals surface area contributed by atoms with Crippen molar-refractivity contribution in [3.05, 3.63) is 48.7 Å². The number of hydrogen-bond acceptors (Lipinski definition) is 2. The first-order valence-electron chi connectivity index (χ1n) is 5.60. The standard InChI is InChI=1S/C12H12N2.C2H6/c1-13-11-7-3-2-6-10(11)12-8-4-5-9-14-12;1-2/h2-9,13H,1H3;1-2H3. The van der Waals surface area contributed by atoms with E-state index in [1.54, 1.807) is 0 Å². The third kappa shape index (κ3) is 2.83. The van der Waals surface area contributed by atoms with Gasteiger partial charge in [0.05, 0.1) is 5.69 Å². The molecule has 0 aliphatic heterocycles. The lowest BCUT2D eigenvalue weighted by Crippen LogP contribution is -1.92. The molecule has 0 saturated carbocycles. The summed E-state index contributed by atoms with van der Waals surface area (Å²) < 4.78 is 0. The summed E-state index contributed by atoms with van der Waals surface area (Å²) in [6.45, 7) is 4.00. The van der Waals surface area contributed by atoms with Crippen LogP contribution in [-0.4, -0.2) is 12.0 Å². The number of benzene rings is 1. The summed E-state index contributed by atoms with van der Waals surface area (Å²) in [5.41, 5.74) is 3.24. The quantitative estimate of drug-likeness (QED) is 0.822. The Morgan fingerprint density at radius 3 is 2.25 bits per heavy atom. The zero-order chi connectivity index (χ0) is 11.8. The first-order chi connectivity index (χ1) is 7.92. The minimum atomic E-state index is 0.998. The van der Waals surface area contributed by atoms with Crippen molar-refractivity contribution in [2.75, 3.05) is 12.4 Å². The Balaban J connectivity index is 0.000000606.